The molecule has 1 aliphatic rings. The highest BCUT2D eigenvalue weighted by Gasteiger charge is 2.39. The minimum Gasteiger partial charge on any atom is -0.475 e. The fraction of sp³-hybridized carbons (Fsp3) is 0.368. The summed E-state index contributed by atoms with van der Waals surface area (Å²) in [5.74, 6) is 1.92. The van der Waals surface area contributed by atoms with E-state index in [0.29, 0.717) is 24.4 Å². The van der Waals surface area contributed by atoms with Crippen molar-refractivity contribution >= 4 is 49.6 Å². The standard InChI is InChI=1S/C57H64N4O/c1-12-16-40(17-13-2)57(11)34-62-55(59-57)39-29-38(53-44(35(3)4)18-14-19-45(53)36(5)6)30-43(31-39)60-50-25-21-37(7)28-48(50)46-24-23-42(33-52(46)60)61-51-26-22-41(56(8,9)10)32-49(51)47-20-15-27-58-54(47)61/h14-15,18-33,35-36,40H,12-13,16-17,34H2,1-11H3/t57-/m0/s1. The van der Waals surface area contributed by atoms with Gasteiger partial charge >= 0.3 is 0 Å². The highest BCUT2D eigenvalue weighted by molar-refractivity contribution is 6.12. The monoisotopic (exact) mass is 821 g/mol. The Kier molecular flexibility index (Phi) is 10.7. The molecule has 0 amide bonds. The number of aromatic nitrogens is 3. The molecule has 5 aromatic carbocycles. The number of rotatable bonds is 11. The number of nitrogens with zero attached hydrogens (tertiary/aromatic N) is 4. The largest absolute Gasteiger partial charge is 0.475 e. The number of aryl methyl sites for hydroxylation is 1. The number of pyridine rings is 1. The maximum absolute atomic E-state index is 6.75. The van der Waals surface area contributed by atoms with Crippen molar-refractivity contribution in [2.75, 3.05) is 6.61 Å². The van der Waals surface area contributed by atoms with Crippen molar-refractivity contribution in [3.63, 3.8) is 0 Å². The molecule has 5 nitrogen and oxygen atoms in total. The number of aliphatic imine (C=N–C) groups is 1. The van der Waals surface area contributed by atoms with Gasteiger partial charge in [-0.05, 0) is 144 Å². The Morgan fingerprint density at radius 2 is 1.34 bits per heavy atom. The lowest BCUT2D eigenvalue weighted by molar-refractivity contribution is 0.188. The molecule has 0 radical (unpaired) electrons. The number of hydrogen-bond donors (Lipinski definition) is 0. The van der Waals surface area contributed by atoms with E-state index in [1.165, 1.54) is 55.1 Å². The Morgan fingerprint density at radius 1 is 0.661 bits per heavy atom. The average Bonchev–Trinajstić information content (AvgIpc) is 3.92. The predicted octanol–water partition coefficient (Wildman–Crippen LogP) is 15.5. The summed E-state index contributed by atoms with van der Waals surface area (Å²) in [6, 6.07) is 39.1. The number of benzene rings is 5. The van der Waals surface area contributed by atoms with Gasteiger partial charge in [-0.15, -0.1) is 0 Å². The van der Waals surface area contributed by atoms with E-state index in [-0.39, 0.29) is 11.0 Å². The Labute approximate surface area is 368 Å². The second kappa shape index (κ2) is 15.9. The average molecular weight is 821 g/mol. The maximum atomic E-state index is 6.75. The highest BCUT2D eigenvalue weighted by Crippen LogP contribution is 2.43. The van der Waals surface area contributed by atoms with Crippen LogP contribution in [0.2, 0.25) is 0 Å². The second-order valence-corrected chi connectivity index (χ2v) is 20.0. The molecule has 0 saturated heterocycles. The fourth-order valence-corrected chi connectivity index (χ4v) is 10.3. The first-order valence-corrected chi connectivity index (χ1v) is 23.2. The topological polar surface area (TPSA) is 44.3 Å². The van der Waals surface area contributed by atoms with E-state index < -0.39 is 0 Å². The molecule has 8 aromatic rings. The van der Waals surface area contributed by atoms with Gasteiger partial charge in [-0.1, -0.05) is 117 Å². The Hall–Kier alpha value is -5.68. The van der Waals surface area contributed by atoms with Crippen LogP contribution in [-0.2, 0) is 10.2 Å². The Bertz CT molecular complexity index is 2990. The van der Waals surface area contributed by atoms with Crippen molar-refractivity contribution in [2.45, 2.75) is 125 Å². The van der Waals surface area contributed by atoms with Gasteiger partial charge < -0.3 is 9.30 Å². The van der Waals surface area contributed by atoms with Gasteiger partial charge in [-0.2, -0.15) is 0 Å². The quantitative estimate of drug-likeness (QED) is 0.130. The van der Waals surface area contributed by atoms with Crippen LogP contribution in [0, 0.1) is 12.8 Å². The van der Waals surface area contributed by atoms with Gasteiger partial charge in [0.2, 0.25) is 5.90 Å². The van der Waals surface area contributed by atoms with Crippen molar-refractivity contribution in [1.82, 2.24) is 14.1 Å². The smallest absolute Gasteiger partial charge is 0.216 e. The van der Waals surface area contributed by atoms with Crippen molar-refractivity contribution in [3.05, 3.63) is 137 Å². The van der Waals surface area contributed by atoms with Gasteiger partial charge in [-0.3, -0.25) is 4.57 Å². The van der Waals surface area contributed by atoms with Crippen molar-refractivity contribution in [3.8, 4) is 22.5 Å². The van der Waals surface area contributed by atoms with E-state index in [0.717, 1.165) is 70.6 Å². The molecule has 4 heterocycles. The summed E-state index contributed by atoms with van der Waals surface area (Å²) in [4.78, 5) is 10.6. The Balaban J connectivity index is 1.34. The molecule has 0 unspecified atom stereocenters. The number of fused-ring (bicyclic) bond motifs is 6. The van der Waals surface area contributed by atoms with E-state index in [1.54, 1.807) is 0 Å². The molecule has 0 N–H and O–H groups in total. The minimum atomic E-state index is -0.264. The second-order valence-electron chi connectivity index (χ2n) is 20.0. The van der Waals surface area contributed by atoms with Gasteiger partial charge in [-0.25, -0.2) is 9.98 Å². The first-order valence-electron chi connectivity index (χ1n) is 23.2. The molecule has 0 aliphatic carbocycles. The van der Waals surface area contributed by atoms with Gasteiger partial charge in [0, 0.05) is 44.7 Å². The van der Waals surface area contributed by atoms with Crippen molar-refractivity contribution < 1.29 is 4.74 Å². The molecule has 1 atom stereocenters. The Morgan fingerprint density at radius 3 is 2.03 bits per heavy atom. The van der Waals surface area contributed by atoms with Crippen LogP contribution in [0.25, 0.3) is 66.2 Å². The molecule has 1 aliphatic heterocycles. The minimum absolute atomic E-state index is 0.0300. The first-order chi connectivity index (χ1) is 29.7. The zero-order valence-corrected chi connectivity index (χ0v) is 38.9. The third kappa shape index (κ3) is 7.12. The van der Waals surface area contributed by atoms with E-state index in [1.807, 2.05) is 6.20 Å². The summed E-state index contributed by atoms with van der Waals surface area (Å²) in [5.41, 5.74) is 15.2. The molecule has 3 aromatic heterocycles. The lowest BCUT2D eigenvalue weighted by atomic mass is 9.81. The molecule has 9 rings (SSSR count). The lowest BCUT2D eigenvalue weighted by Gasteiger charge is -2.29. The molecule has 0 saturated carbocycles. The van der Waals surface area contributed by atoms with Gasteiger partial charge in [0.05, 0.1) is 22.1 Å². The van der Waals surface area contributed by atoms with Crippen LogP contribution in [0.4, 0.5) is 0 Å². The SMILES string of the molecule is CCCC(CCC)[C@]1(C)COC(c2cc(-c3c(C(C)C)cccc3C(C)C)cc(-n3c4ccc(C)cc4c4ccc(-n5c6ccc(C(C)(C)C)cc6c6cccnc65)cc43)c2)=N1. The molecule has 0 spiro atoms. The van der Waals surface area contributed by atoms with Crippen LogP contribution < -0.4 is 0 Å². The van der Waals surface area contributed by atoms with Crippen LogP contribution in [0.15, 0.2) is 114 Å². The van der Waals surface area contributed by atoms with Crippen LogP contribution in [0.5, 0.6) is 0 Å². The number of hydrogen-bond acceptors (Lipinski definition) is 3. The van der Waals surface area contributed by atoms with E-state index in [2.05, 4.69) is 188 Å². The first kappa shape index (κ1) is 41.7. The molecular formula is C57H64N4O. The van der Waals surface area contributed by atoms with Crippen molar-refractivity contribution in [2.24, 2.45) is 10.9 Å². The molecule has 62 heavy (non-hydrogen) atoms. The summed E-state index contributed by atoms with van der Waals surface area (Å²) in [5, 5.41) is 4.85. The van der Waals surface area contributed by atoms with Gasteiger partial charge in [0.25, 0.3) is 0 Å². The molecule has 5 heteroatoms. The maximum Gasteiger partial charge on any atom is 0.216 e. The zero-order chi connectivity index (χ0) is 43.7. The van der Waals surface area contributed by atoms with Crippen molar-refractivity contribution in [1.29, 1.82) is 0 Å². The van der Waals surface area contributed by atoms with Crippen LogP contribution in [0.3, 0.4) is 0 Å². The van der Waals surface area contributed by atoms with Crippen LogP contribution >= 0.6 is 0 Å². The number of ether oxygens (including phenoxy) is 1. The molecule has 0 fully saturated rings. The summed E-state index contributed by atoms with van der Waals surface area (Å²) in [6.45, 7) is 25.8. The van der Waals surface area contributed by atoms with E-state index >= 15 is 0 Å². The van der Waals surface area contributed by atoms with E-state index in [9.17, 15) is 0 Å². The molecule has 0 bridgehead atoms. The fourth-order valence-electron chi connectivity index (χ4n) is 10.3. The highest BCUT2D eigenvalue weighted by atomic mass is 16.5. The normalized spacial score (nSPS) is 15.9. The molecular weight excluding hydrogens is 757 g/mol. The molecule has 318 valence electrons. The van der Waals surface area contributed by atoms with Crippen LogP contribution in [0.1, 0.15) is 135 Å². The summed E-state index contributed by atoms with van der Waals surface area (Å²) in [6.07, 6.45) is 6.51. The zero-order valence-electron chi connectivity index (χ0n) is 38.9. The van der Waals surface area contributed by atoms with E-state index in [4.69, 9.17) is 14.7 Å². The van der Waals surface area contributed by atoms with Crippen LogP contribution in [-0.4, -0.2) is 32.2 Å². The third-order valence-electron chi connectivity index (χ3n) is 13.7. The predicted molar refractivity (Wildman–Crippen MR) is 264 cm³/mol. The van der Waals surface area contributed by atoms with Gasteiger partial charge in [0.15, 0.2) is 0 Å². The summed E-state index contributed by atoms with van der Waals surface area (Å²) >= 11 is 0. The van der Waals surface area contributed by atoms with Gasteiger partial charge in [0.1, 0.15) is 12.3 Å². The third-order valence-corrected chi connectivity index (χ3v) is 13.7. The summed E-state index contributed by atoms with van der Waals surface area (Å²) < 4.78 is 11.6. The lowest BCUT2D eigenvalue weighted by Crippen LogP contribution is -2.34. The summed E-state index contributed by atoms with van der Waals surface area (Å²) in [7, 11) is 0.